The molecular formula is C9H9F8N3. The molecule has 0 atom stereocenters. The van der Waals surface area contributed by atoms with E-state index in [4.69, 9.17) is 0 Å². The number of unbranched alkanes of at least 4 members (excludes halogenated alkanes) is 1. The molecule has 0 aliphatic carbocycles. The molecule has 3 nitrogen and oxygen atoms in total. The molecule has 0 amide bonds. The fourth-order valence-electron chi connectivity index (χ4n) is 1.41. The first-order chi connectivity index (χ1) is 8.93. The van der Waals surface area contributed by atoms with Crippen molar-refractivity contribution in [2.24, 2.45) is 0 Å². The van der Waals surface area contributed by atoms with Gasteiger partial charge in [0.15, 0.2) is 0 Å². The van der Waals surface area contributed by atoms with Crippen LogP contribution in [0.15, 0.2) is 0 Å². The Morgan fingerprint density at radius 3 is 1.90 bits per heavy atom. The Morgan fingerprint density at radius 1 is 0.950 bits per heavy atom. The number of hydrogen-bond acceptors (Lipinski definition) is 2. The Morgan fingerprint density at radius 2 is 1.50 bits per heavy atom. The Balaban J connectivity index is 3.38. The highest BCUT2D eigenvalue weighted by molar-refractivity contribution is 5.07. The van der Waals surface area contributed by atoms with Crippen LogP contribution in [-0.2, 0) is 18.6 Å². The molecule has 11 heteroatoms. The Bertz CT molecular complexity index is 459. The summed E-state index contributed by atoms with van der Waals surface area (Å²) in [5.74, 6) is -9.18. The van der Waals surface area contributed by atoms with Crippen molar-refractivity contribution >= 4 is 0 Å². The first-order valence-corrected chi connectivity index (χ1v) is 5.39. The van der Waals surface area contributed by atoms with Crippen LogP contribution in [0.5, 0.6) is 0 Å². The zero-order chi connectivity index (χ0) is 15.8. The van der Waals surface area contributed by atoms with Crippen molar-refractivity contribution in [1.82, 2.24) is 14.8 Å². The summed E-state index contributed by atoms with van der Waals surface area (Å²) in [6.07, 6.45) is -11.5. The molecule has 0 N–H and O–H groups in total. The second-order valence-electron chi connectivity index (χ2n) is 3.92. The molecule has 0 saturated heterocycles. The van der Waals surface area contributed by atoms with Crippen molar-refractivity contribution in [3.05, 3.63) is 11.6 Å². The summed E-state index contributed by atoms with van der Waals surface area (Å²) in [4.78, 5) is 0. The molecule has 0 radical (unpaired) electrons. The van der Waals surface area contributed by atoms with Gasteiger partial charge < -0.3 is 0 Å². The molecule has 0 spiro atoms. The fraction of sp³-hybridized carbons (Fsp3) is 0.778. The van der Waals surface area contributed by atoms with E-state index in [2.05, 4.69) is 10.2 Å². The first kappa shape index (κ1) is 16.6. The molecule has 0 unspecified atom stereocenters. The van der Waals surface area contributed by atoms with E-state index in [1.807, 2.05) is 0 Å². The predicted molar refractivity (Wildman–Crippen MR) is 49.9 cm³/mol. The van der Waals surface area contributed by atoms with E-state index in [9.17, 15) is 35.1 Å². The summed E-state index contributed by atoms with van der Waals surface area (Å²) in [7, 11) is 0. The van der Waals surface area contributed by atoms with Crippen LogP contribution in [0.4, 0.5) is 35.1 Å². The Hall–Kier alpha value is -1.42. The molecule has 20 heavy (non-hydrogen) atoms. The zero-order valence-corrected chi connectivity index (χ0v) is 9.99. The standard InChI is InChI=1S/C9H9F8N3/c1-2-3-4-5-18-19-6(20(5)9(15,16)17)7(10,11)8(12,13)14/h2-4H2,1H3. The van der Waals surface area contributed by atoms with Crippen LogP contribution < -0.4 is 0 Å². The van der Waals surface area contributed by atoms with Gasteiger partial charge in [-0.1, -0.05) is 13.3 Å². The van der Waals surface area contributed by atoms with Crippen molar-refractivity contribution in [3.63, 3.8) is 0 Å². The minimum absolute atomic E-state index is 0.145. The van der Waals surface area contributed by atoms with Crippen molar-refractivity contribution < 1.29 is 35.1 Å². The third-order valence-corrected chi connectivity index (χ3v) is 2.37. The van der Waals surface area contributed by atoms with Crippen molar-refractivity contribution in [2.45, 2.75) is 44.6 Å². The van der Waals surface area contributed by atoms with E-state index < -0.39 is 41.0 Å². The third-order valence-electron chi connectivity index (χ3n) is 2.37. The molecule has 1 heterocycles. The highest BCUT2D eigenvalue weighted by Crippen LogP contribution is 2.45. The van der Waals surface area contributed by atoms with Crippen LogP contribution in [0.3, 0.4) is 0 Å². The first-order valence-electron chi connectivity index (χ1n) is 5.39. The van der Waals surface area contributed by atoms with E-state index in [-0.39, 0.29) is 6.42 Å². The zero-order valence-electron chi connectivity index (χ0n) is 9.99. The lowest BCUT2D eigenvalue weighted by atomic mass is 10.2. The van der Waals surface area contributed by atoms with Crippen LogP contribution >= 0.6 is 0 Å². The largest absolute Gasteiger partial charge is 0.491 e. The number of hydrogen-bond donors (Lipinski definition) is 0. The maximum atomic E-state index is 13.0. The maximum absolute atomic E-state index is 13.0. The van der Waals surface area contributed by atoms with Gasteiger partial charge in [0, 0.05) is 6.42 Å². The topological polar surface area (TPSA) is 30.7 Å². The smallest absolute Gasteiger partial charge is 0.218 e. The van der Waals surface area contributed by atoms with Gasteiger partial charge in [-0.05, 0) is 6.42 Å². The summed E-state index contributed by atoms with van der Waals surface area (Å²) in [6, 6.07) is 0. The monoisotopic (exact) mass is 311 g/mol. The molecule has 116 valence electrons. The van der Waals surface area contributed by atoms with Gasteiger partial charge in [0.05, 0.1) is 0 Å². The van der Waals surface area contributed by atoms with E-state index in [0.29, 0.717) is 6.42 Å². The van der Waals surface area contributed by atoms with Gasteiger partial charge in [-0.25, -0.2) is 4.57 Å². The van der Waals surface area contributed by atoms with Gasteiger partial charge in [-0.15, -0.1) is 23.4 Å². The number of alkyl halides is 8. The lowest BCUT2D eigenvalue weighted by Gasteiger charge is -2.21. The minimum Gasteiger partial charge on any atom is -0.218 e. The summed E-state index contributed by atoms with van der Waals surface area (Å²) in [6.45, 7) is 1.61. The van der Waals surface area contributed by atoms with Crippen molar-refractivity contribution in [1.29, 1.82) is 0 Å². The van der Waals surface area contributed by atoms with E-state index >= 15 is 0 Å². The van der Waals surface area contributed by atoms with Crippen LogP contribution in [-0.4, -0.2) is 20.9 Å². The molecule has 0 saturated carbocycles. The quantitative estimate of drug-likeness (QED) is 0.793. The van der Waals surface area contributed by atoms with Crippen molar-refractivity contribution in [2.75, 3.05) is 0 Å². The highest BCUT2D eigenvalue weighted by Gasteiger charge is 2.64. The molecule has 1 aromatic heterocycles. The van der Waals surface area contributed by atoms with Gasteiger partial charge in [0.1, 0.15) is 5.82 Å². The second kappa shape index (κ2) is 5.17. The molecule has 1 aromatic rings. The summed E-state index contributed by atoms with van der Waals surface area (Å²) in [5, 5.41) is 5.21. The lowest BCUT2D eigenvalue weighted by Crippen LogP contribution is -2.39. The Kier molecular flexibility index (Phi) is 4.30. The van der Waals surface area contributed by atoms with Gasteiger partial charge in [-0.2, -0.15) is 22.0 Å². The third kappa shape index (κ3) is 3.01. The second-order valence-corrected chi connectivity index (χ2v) is 3.92. The molecule has 0 aromatic carbocycles. The van der Waals surface area contributed by atoms with Gasteiger partial charge in [-0.3, -0.25) is 0 Å². The maximum Gasteiger partial charge on any atom is 0.491 e. The summed E-state index contributed by atoms with van der Waals surface area (Å²) >= 11 is 0. The number of aryl methyl sites for hydroxylation is 1. The van der Waals surface area contributed by atoms with Gasteiger partial charge >= 0.3 is 18.4 Å². The minimum atomic E-state index is -6.19. The van der Waals surface area contributed by atoms with Crippen LogP contribution in [0, 0.1) is 0 Å². The van der Waals surface area contributed by atoms with Crippen molar-refractivity contribution in [3.8, 4) is 0 Å². The molecular weight excluding hydrogens is 302 g/mol. The average Bonchev–Trinajstić information content (AvgIpc) is 2.68. The number of aromatic nitrogens is 3. The molecule has 0 aliphatic heterocycles. The van der Waals surface area contributed by atoms with Gasteiger partial charge in [0.2, 0.25) is 5.82 Å². The van der Waals surface area contributed by atoms with E-state index in [1.54, 1.807) is 6.92 Å². The number of rotatable bonds is 4. The SMILES string of the molecule is CCCCc1nnc(C(F)(F)C(F)(F)F)n1C(F)(F)F. The lowest BCUT2D eigenvalue weighted by molar-refractivity contribution is -0.300. The number of halogens is 8. The van der Waals surface area contributed by atoms with Crippen LogP contribution in [0.1, 0.15) is 31.4 Å². The van der Waals surface area contributed by atoms with E-state index in [0.717, 1.165) is 0 Å². The van der Waals surface area contributed by atoms with Gasteiger partial charge in [0.25, 0.3) is 0 Å². The fourth-order valence-corrected chi connectivity index (χ4v) is 1.41. The van der Waals surface area contributed by atoms with Crippen LogP contribution in [0.25, 0.3) is 0 Å². The summed E-state index contributed by atoms with van der Waals surface area (Å²) in [5.41, 5.74) is 0. The molecule has 0 fully saturated rings. The summed E-state index contributed by atoms with van der Waals surface area (Å²) < 4.78 is 99.4. The average molecular weight is 311 g/mol. The number of nitrogens with zero attached hydrogens (tertiary/aromatic N) is 3. The van der Waals surface area contributed by atoms with Crippen LogP contribution in [0.2, 0.25) is 0 Å². The highest BCUT2D eigenvalue weighted by atomic mass is 19.4. The normalized spacial score (nSPS) is 13.8. The molecule has 0 aliphatic rings. The molecule has 0 bridgehead atoms. The molecule has 1 rings (SSSR count). The van der Waals surface area contributed by atoms with E-state index in [1.165, 1.54) is 0 Å². The Labute approximate surface area is 107 Å². The predicted octanol–water partition coefficient (Wildman–Crippen LogP) is 3.75.